The van der Waals surface area contributed by atoms with E-state index in [2.05, 4.69) is 0 Å². The van der Waals surface area contributed by atoms with Crippen LogP contribution in [0.4, 0.5) is 11.4 Å². The minimum Gasteiger partial charge on any atom is -0.258 e. The maximum Gasteiger partial charge on any atom is 0.512 e. The van der Waals surface area contributed by atoms with Gasteiger partial charge in [0.25, 0.3) is 5.69 Å². The summed E-state index contributed by atoms with van der Waals surface area (Å²) in [6, 6.07) is 2.88. The molecule has 0 heterocycles. The van der Waals surface area contributed by atoms with Gasteiger partial charge in [-0.2, -0.15) is 0 Å². The van der Waals surface area contributed by atoms with E-state index in [4.69, 9.17) is 0 Å². The van der Waals surface area contributed by atoms with Gasteiger partial charge in [-0.25, -0.2) is 0 Å². The van der Waals surface area contributed by atoms with Gasteiger partial charge in [-0.3, -0.25) is 20.2 Å². The van der Waals surface area contributed by atoms with E-state index in [1.54, 1.807) is 0 Å². The van der Waals surface area contributed by atoms with Crippen LogP contribution in [0.3, 0.4) is 0 Å². The second-order valence-electron chi connectivity index (χ2n) is 2.25. The predicted octanol–water partition coefficient (Wildman–Crippen LogP) is 1.29. The second kappa shape index (κ2) is 3.83. The fourth-order valence-electron chi connectivity index (χ4n) is 0.832. The molecule has 0 spiro atoms. The molecule has 0 atom stereocenters. The molecule has 0 saturated heterocycles. The Balaban J connectivity index is 3.34. The first-order valence-electron chi connectivity index (χ1n) is 3.29. The van der Waals surface area contributed by atoms with Crippen molar-refractivity contribution in [1.82, 2.24) is 0 Å². The molecule has 0 amide bonds. The standard InChI is InChI=1S/C6H3N2O5S/c9-7(10)4-1-2-6(14-13)5(3-4)8(11)12/h1-3H/q+1. The molecule has 0 unspecified atom stereocenters. The van der Waals surface area contributed by atoms with Crippen molar-refractivity contribution in [3.63, 3.8) is 0 Å². The van der Waals surface area contributed by atoms with Crippen molar-refractivity contribution in [2.24, 2.45) is 0 Å². The number of nitrogens with zero attached hydrogens (tertiary/aromatic N) is 2. The fourth-order valence-corrected chi connectivity index (χ4v) is 1.17. The number of nitro benzene ring substituents is 2. The van der Waals surface area contributed by atoms with Crippen LogP contribution < -0.4 is 0 Å². The van der Waals surface area contributed by atoms with E-state index >= 15 is 0 Å². The SMILES string of the molecule is O=[S+]c1ccc([N+](=O)[O-])cc1[N+](=O)[O-]. The number of non-ortho nitro benzene ring substituents is 1. The van der Waals surface area contributed by atoms with Crippen molar-refractivity contribution >= 4 is 23.0 Å². The number of rotatable bonds is 3. The third-order valence-corrected chi connectivity index (χ3v) is 1.96. The zero-order valence-corrected chi connectivity index (χ0v) is 7.39. The zero-order chi connectivity index (χ0) is 10.7. The van der Waals surface area contributed by atoms with Gasteiger partial charge in [-0.1, -0.05) is 0 Å². The van der Waals surface area contributed by atoms with Crippen LogP contribution in [0.2, 0.25) is 0 Å². The summed E-state index contributed by atoms with van der Waals surface area (Å²) in [4.78, 5) is 18.9. The van der Waals surface area contributed by atoms with Crippen LogP contribution in [-0.2, 0) is 15.9 Å². The van der Waals surface area contributed by atoms with Crippen molar-refractivity contribution < 1.29 is 14.1 Å². The Bertz CT molecular complexity index is 419. The molecular formula is C6H3N2O5S+. The highest BCUT2D eigenvalue weighted by atomic mass is 32.1. The summed E-state index contributed by atoms with van der Waals surface area (Å²) in [7, 11) is 0. The van der Waals surface area contributed by atoms with Crippen LogP contribution >= 0.6 is 0 Å². The molecule has 0 fully saturated rings. The molecule has 0 saturated carbocycles. The highest BCUT2D eigenvalue weighted by molar-refractivity contribution is 7.65. The molecule has 0 aliphatic carbocycles. The molecule has 8 heteroatoms. The summed E-state index contributed by atoms with van der Waals surface area (Å²) in [5.74, 6) is 0. The monoisotopic (exact) mass is 215 g/mol. The Morgan fingerprint density at radius 2 is 1.79 bits per heavy atom. The molecular weight excluding hydrogens is 212 g/mol. The van der Waals surface area contributed by atoms with Crippen molar-refractivity contribution in [2.45, 2.75) is 4.90 Å². The lowest BCUT2D eigenvalue weighted by molar-refractivity contribution is -0.396. The Labute approximate surface area is 81.1 Å². The molecule has 0 bridgehead atoms. The van der Waals surface area contributed by atoms with E-state index < -0.39 is 21.2 Å². The largest absolute Gasteiger partial charge is 0.512 e. The molecule has 0 radical (unpaired) electrons. The molecule has 1 aromatic carbocycles. The van der Waals surface area contributed by atoms with Crippen LogP contribution in [0.1, 0.15) is 0 Å². The van der Waals surface area contributed by atoms with Crippen molar-refractivity contribution in [2.75, 3.05) is 0 Å². The lowest BCUT2D eigenvalue weighted by Gasteiger charge is -1.89. The minimum atomic E-state index is -0.826. The first-order chi connectivity index (χ1) is 6.56. The maximum atomic E-state index is 10.4. The Kier molecular flexibility index (Phi) is 2.77. The zero-order valence-electron chi connectivity index (χ0n) is 6.58. The lowest BCUT2D eigenvalue weighted by atomic mass is 10.3. The first-order valence-corrected chi connectivity index (χ1v) is 4.03. The molecule has 0 N–H and O–H groups in total. The predicted molar refractivity (Wildman–Crippen MR) is 46.1 cm³/mol. The topological polar surface area (TPSA) is 103 Å². The molecule has 7 nitrogen and oxygen atoms in total. The van der Waals surface area contributed by atoms with Gasteiger partial charge in [-0.15, -0.1) is 0 Å². The minimum absolute atomic E-state index is 0.0701. The van der Waals surface area contributed by atoms with E-state index in [9.17, 15) is 24.4 Å². The summed E-state index contributed by atoms with van der Waals surface area (Å²) in [6.45, 7) is 0. The van der Waals surface area contributed by atoms with Gasteiger partial charge in [0.2, 0.25) is 0 Å². The van der Waals surface area contributed by atoms with Gasteiger partial charge < -0.3 is 0 Å². The van der Waals surface area contributed by atoms with Gasteiger partial charge in [-0.05, 0) is 0 Å². The second-order valence-corrected chi connectivity index (χ2v) is 2.86. The van der Waals surface area contributed by atoms with Crippen LogP contribution in [0.15, 0.2) is 23.1 Å². The molecule has 14 heavy (non-hydrogen) atoms. The van der Waals surface area contributed by atoms with Gasteiger partial charge in [0.1, 0.15) is 6.07 Å². The Morgan fingerprint density at radius 1 is 1.14 bits per heavy atom. The molecule has 0 aromatic heterocycles. The average molecular weight is 215 g/mol. The highest BCUT2D eigenvalue weighted by Gasteiger charge is 2.27. The van der Waals surface area contributed by atoms with Gasteiger partial charge in [0.05, 0.1) is 9.85 Å². The number of benzene rings is 1. The molecule has 1 rings (SSSR count). The summed E-state index contributed by atoms with van der Waals surface area (Å²) < 4.78 is 10.4. The van der Waals surface area contributed by atoms with Gasteiger partial charge >= 0.3 is 22.2 Å². The molecule has 72 valence electrons. The average Bonchev–Trinajstić information content (AvgIpc) is 2.16. The van der Waals surface area contributed by atoms with Crippen LogP contribution in [0.5, 0.6) is 0 Å². The van der Waals surface area contributed by atoms with Crippen LogP contribution in [0, 0.1) is 20.2 Å². The van der Waals surface area contributed by atoms with E-state index in [0.717, 1.165) is 18.2 Å². The van der Waals surface area contributed by atoms with E-state index in [-0.39, 0.29) is 16.6 Å². The Hall–Kier alpha value is -1.96. The normalized spacial score (nSPS) is 9.43. The Morgan fingerprint density at radius 3 is 2.21 bits per heavy atom. The molecule has 0 aliphatic rings. The van der Waals surface area contributed by atoms with Crippen molar-refractivity contribution in [3.05, 3.63) is 38.4 Å². The van der Waals surface area contributed by atoms with E-state index in [1.165, 1.54) is 0 Å². The van der Waals surface area contributed by atoms with E-state index in [0.29, 0.717) is 0 Å². The summed E-state index contributed by atoms with van der Waals surface area (Å²) >= 11 is -0.0701. The van der Waals surface area contributed by atoms with Crippen molar-refractivity contribution in [3.8, 4) is 0 Å². The highest BCUT2D eigenvalue weighted by Crippen LogP contribution is 2.24. The first kappa shape index (κ1) is 10.1. The van der Waals surface area contributed by atoms with Crippen molar-refractivity contribution in [1.29, 1.82) is 0 Å². The smallest absolute Gasteiger partial charge is 0.258 e. The summed E-state index contributed by atoms with van der Waals surface area (Å²) in [5, 5.41) is 20.7. The third kappa shape index (κ3) is 1.85. The van der Waals surface area contributed by atoms with Gasteiger partial charge in [0, 0.05) is 16.3 Å². The fraction of sp³-hybridized carbons (Fsp3) is 0. The van der Waals surface area contributed by atoms with Crippen LogP contribution in [0.25, 0.3) is 0 Å². The maximum absolute atomic E-state index is 10.4. The number of nitro groups is 2. The van der Waals surface area contributed by atoms with Crippen LogP contribution in [-0.4, -0.2) is 9.85 Å². The van der Waals surface area contributed by atoms with E-state index in [1.807, 2.05) is 0 Å². The molecule has 0 aliphatic heterocycles. The van der Waals surface area contributed by atoms with Gasteiger partial charge in [0.15, 0.2) is 0 Å². The lowest BCUT2D eigenvalue weighted by Crippen LogP contribution is -1.94. The number of hydrogen-bond acceptors (Lipinski definition) is 5. The molecule has 1 aromatic rings. The summed E-state index contributed by atoms with van der Waals surface area (Å²) in [5.41, 5.74) is -0.950. The number of hydrogen-bond donors (Lipinski definition) is 0. The quantitative estimate of drug-likeness (QED) is 0.429. The third-order valence-electron chi connectivity index (χ3n) is 1.44. The summed E-state index contributed by atoms with van der Waals surface area (Å²) in [6.07, 6.45) is 0.